The number of carboxylic acids is 2. The molecular weight excluding hydrogens is 653 g/mol. The smallest absolute Gasteiger partial charge is 0.332 e. The van der Waals surface area contributed by atoms with E-state index < -0.39 is 17.4 Å². The Morgan fingerprint density at radius 2 is 0.509 bits per heavy atom. The Kier molecular flexibility index (Phi) is 22.2. The maximum atomic E-state index is 14.7. The van der Waals surface area contributed by atoms with E-state index >= 15 is 0 Å². The molecular formula is C49H86O4. The van der Waals surface area contributed by atoms with Gasteiger partial charge in [0.25, 0.3) is 0 Å². The van der Waals surface area contributed by atoms with Gasteiger partial charge in [0.2, 0.25) is 0 Å². The number of aliphatic carboxylic acids is 2. The number of rotatable bonds is 7. The van der Waals surface area contributed by atoms with E-state index in [-0.39, 0.29) is 23.7 Å². The molecule has 4 saturated carbocycles. The predicted molar refractivity (Wildman–Crippen MR) is 223 cm³/mol. The first-order valence-corrected chi connectivity index (χ1v) is 24.3. The summed E-state index contributed by atoms with van der Waals surface area (Å²) in [6.45, 7) is 0. The van der Waals surface area contributed by atoms with Crippen LogP contribution in [0.5, 0.6) is 0 Å². The van der Waals surface area contributed by atoms with Crippen molar-refractivity contribution >= 4 is 11.9 Å². The average Bonchev–Trinajstić information content (AvgIpc) is 3.33. The van der Waals surface area contributed by atoms with Crippen molar-refractivity contribution < 1.29 is 19.8 Å². The van der Waals surface area contributed by atoms with Gasteiger partial charge in [-0.15, -0.1) is 0 Å². The number of hydrogen-bond acceptors (Lipinski definition) is 2. The normalized spacial score (nSPS) is 25.3. The highest BCUT2D eigenvalue weighted by atomic mass is 16.4. The maximum absolute atomic E-state index is 14.7. The molecule has 0 heterocycles. The predicted octanol–water partition coefficient (Wildman–Crippen LogP) is 15.6. The van der Waals surface area contributed by atoms with Crippen molar-refractivity contribution in [1.82, 2.24) is 0 Å². The highest BCUT2D eigenvalue weighted by molar-refractivity contribution is 6.00. The minimum absolute atomic E-state index is 0.149. The fourth-order valence-electron chi connectivity index (χ4n) is 12.3. The Bertz CT molecular complexity index is 912. The van der Waals surface area contributed by atoms with Gasteiger partial charge in [0, 0.05) is 5.41 Å². The standard InChI is InChI=1S/C49H86O4/c50-47(51)45(41-33-25-17-9-1-2-10-18-26-34-41)46(48(52)53)49(42-35-27-19-11-3-4-12-20-28-36-42,43-37-29-21-13-5-6-14-22-30-38-43)44-39-31-23-15-7-8-16-24-32-40-44/h41-44H,1-40H2,(H,50,51)(H,52,53). The molecule has 4 fully saturated rings. The van der Waals surface area contributed by atoms with Crippen LogP contribution in [-0.4, -0.2) is 22.2 Å². The highest BCUT2D eigenvalue weighted by Crippen LogP contribution is 2.60. The molecule has 0 aromatic carbocycles. The second-order valence-corrected chi connectivity index (χ2v) is 18.7. The third-order valence-corrected chi connectivity index (χ3v) is 15.0. The van der Waals surface area contributed by atoms with E-state index in [0.29, 0.717) is 11.1 Å². The van der Waals surface area contributed by atoms with Crippen molar-refractivity contribution in [2.24, 2.45) is 29.1 Å². The first-order valence-electron chi connectivity index (χ1n) is 24.3. The van der Waals surface area contributed by atoms with Crippen molar-refractivity contribution in [1.29, 1.82) is 0 Å². The summed E-state index contributed by atoms with van der Waals surface area (Å²) in [6.07, 6.45) is 47.7. The molecule has 0 aromatic rings. The number of carbonyl (C=O) groups is 2. The lowest BCUT2D eigenvalue weighted by molar-refractivity contribution is -0.140. The van der Waals surface area contributed by atoms with E-state index in [4.69, 9.17) is 0 Å². The third kappa shape index (κ3) is 14.6. The monoisotopic (exact) mass is 739 g/mol. The Morgan fingerprint density at radius 3 is 0.717 bits per heavy atom. The Morgan fingerprint density at radius 1 is 0.302 bits per heavy atom. The SMILES string of the molecule is O=C(O)C(=C(C(=O)O)C(C1CCCCCCCCCC1)(C1CCCCCCCCCC1)C1CCCCCCCCCC1)C1CCCCCCCCCC1. The third-order valence-electron chi connectivity index (χ3n) is 15.0. The molecule has 4 aliphatic rings. The van der Waals surface area contributed by atoms with Crippen LogP contribution in [0.4, 0.5) is 0 Å². The molecule has 2 N–H and O–H groups in total. The quantitative estimate of drug-likeness (QED) is 0.255. The van der Waals surface area contributed by atoms with Crippen LogP contribution in [0.25, 0.3) is 0 Å². The summed E-state index contributed by atoms with van der Waals surface area (Å²) in [7, 11) is 0. The first kappa shape index (κ1) is 44.4. The van der Waals surface area contributed by atoms with Gasteiger partial charge in [-0.25, -0.2) is 9.59 Å². The van der Waals surface area contributed by atoms with Crippen LogP contribution < -0.4 is 0 Å². The number of carboxylic acid groups (broad SMARTS) is 2. The molecule has 0 radical (unpaired) electrons. The van der Waals surface area contributed by atoms with Gasteiger partial charge in [0.05, 0.1) is 11.1 Å². The first-order chi connectivity index (χ1) is 26.1. The molecule has 0 bridgehead atoms. The van der Waals surface area contributed by atoms with Crippen LogP contribution in [0.15, 0.2) is 11.1 Å². The largest absolute Gasteiger partial charge is 0.478 e. The maximum Gasteiger partial charge on any atom is 0.332 e. The molecule has 0 aliphatic heterocycles. The van der Waals surface area contributed by atoms with Crippen molar-refractivity contribution in [2.45, 2.75) is 257 Å². The summed E-state index contributed by atoms with van der Waals surface area (Å²) in [6, 6.07) is 0. The minimum atomic E-state index is -0.892. The van der Waals surface area contributed by atoms with Gasteiger partial charge in [-0.1, -0.05) is 205 Å². The van der Waals surface area contributed by atoms with E-state index in [1.165, 1.54) is 180 Å². The van der Waals surface area contributed by atoms with Gasteiger partial charge in [0.15, 0.2) is 0 Å². The Balaban J connectivity index is 2.01. The molecule has 0 aromatic heterocycles. The van der Waals surface area contributed by atoms with Crippen LogP contribution in [0.2, 0.25) is 0 Å². The summed E-state index contributed by atoms with van der Waals surface area (Å²) in [5.41, 5.74) is 0.279. The molecule has 306 valence electrons. The lowest BCUT2D eigenvalue weighted by Crippen LogP contribution is -2.50. The van der Waals surface area contributed by atoms with Gasteiger partial charge in [-0.2, -0.15) is 0 Å². The molecule has 4 rings (SSSR count). The van der Waals surface area contributed by atoms with Gasteiger partial charge in [0.1, 0.15) is 0 Å². The summed E-state index contributed by atoms with van der Waals surface area (Å²) in [5, 5.41) is 23.6. The van der Waals surface area contributed by atoms with E-state index in [1.807, 2.05) is 0 Å². The van der Waals surface area contributed by atoms with Gasteiger partial charge >= 0.3 is 11.9 Å². The molecule has 4 aliphatic carbocycles. The Labute approximate surface area is 327 Å². The lowest BCUT2D eigenvalue weighted by Gasteiger charge is -2.54. The fourth-order valence-corrected chi connectivity index (χ4v) is 12.3. The van der Waals surface area contributed by atoms with E-state index in [0.717, 1.165) is 77.0 Å². The summed E-state index contributed by atoms with van der Waals surface area (Å²) < 4.78 is 0. The van der Waals surface area contributed by atoms with E-state index in [1.54, 1.807) is 0 Å². The van der Waals surface area contributed by atoms with Crippen LogP contribution in [0, 0.1) is 29.1 Å². The topological polar surface area (TPSA) is 74.6 Å². The van der Waals surface area contributed by atoms with Crippen LogP contribution in [0.1, 0.15) is 257 Å². The minimum Gasteiger partial charge on any atom is -0.478 e. The van der Waals surface area contributed by atoms with Crippen molar-refractivity contribution in [2.75, 3.05) is 0 Å². The second kappa shape index (κ2) is 26.5. The zero-order chi connectivity index (χ0) is 37.4. The number of hydrogen-bond donors (Lipinski definition) is 2. The van der Waals surface area contributed by atoms with Gasteiger partial charge in [-0.05, 0) is 75.0 Å². The second-order valence-electron chi connectivity index (χ2n) is 18.7. The summed E-state index contributed by atoms with van der Waals surface area (Å²) >= 11 is 0. The molecule has 0 unspecified atom stereocenters. The molecule has 53 heavy (non-hydrogen) atoms. The summed E-state index contributed by atoms with van der Waals surface area (Å²) in [4.78, 5) is 28.8. The van der Waals surface area contributed by atoms with Crippen molar-refractivity contribution in [3.8, 4) is 0 Å². The van der Waals surface area contributed by atoms with Crippen molar-refractivity contribution in [3.63, 3.8) is 0 Å². The van der Waals surface area contributed by atoms with E-state index in [9.17, 15) is 19.8 Å². The van der Waals surface area contributed by atoms with Crippen LogP contribution in [-0.2, 0) is 9.59 Å². The molecule has 0 saturated heterocycles. The molecule has 0 atom stereocenters. The lowest BCUT2D eigenvalue weighted by atomic mass is 9.49. The average molecular weight is 739 g/mol. The van der Waals surface area contributed by atoms with Gasteiger partial charge < -0.3 is 10.2 Å². The fraction of sp³-hybridized carbons (Fsp3) is 0.918. The van der Waals surface area contributed by atoms with E-state index in [2.05, 4.69) is 0 Å². The van der Waals surface area contributed by atoms with Crippen molar-refractivity contribution in [3.05, 3.63) is 11.1 Å². The molecule has 4 nitrogen and oxygen atoms in total. The zero-order valence-electron chi connectivity index (χ0n) is 34.8. The molecule has 0 amide bonds. The van der Waals surface area contributed by atoms with Crippen LogP contribution in [0.3, 0.4) is 0 Å². The molecule has 0 spiro atoms. The zero-order valence-corrected chi connectivity index (χ0v) is 34.8. The highest BCUT2D eigenvalue weighted by Gasteiger charge is 2.55. The summed E-state index contributed by atoms with van der Waals surface area (Å²) in [5.74, 6) is -1.12. The van der Waals surface area contributed by atoms with Crippen LogP contribution >= 0.6 is 0 Å². The van der Waals surface area contributed by atoms with Gasteiger partial charge in [-0.3, -0.25) is 0 Å². The molecule has 4 heteroatoms. The Hall–Kier alpha value is -1.32.